The zero-order valence-electron chi connectivity index (χ0n) is 9.83. The van der Waals surface area contributed by atoms with Gasteiger partial charge in [0.25, 0.3) is 0 Å². The fourth-order valence-corrected chi connectivity index (χ4v) is 2.76. The third-order valence-corrected chi connectivity index (χ3v) is 3.67. The van der Waals surface area contributed by atoms with Crippen molar-refractivity contribution in [3.8, 4) is 0 Å². The molecule has 1 N–H and O–H groups in total. The van der Waals surface area contributed by atoms with Crippen LogP contribution in [0.5, 0.6) is 0 Å². The number of aryl methyl sites for hydroxylation is 1. The number of H-pyrrole nitrogens is 1. The molecule has 3 rings (SSSR count). The molecule has 0 saturated carbocycles. The van der Waals surface area contributed by atoms with Crippen LogP contribution in [0.3, 0.4) is 0 Å². The summed E-state index contributed by atoms with van der Waals surface area (Å²) in [5, 5.41) is 0. The summed E-state index contributed by atoms with van der Waals surface area (Å²) in [6, 6.07) is 3.36. The topological polar surface area (TPSA) is 28.7 Å². The van der Waals surface area contributed by atoms with E-state index in [0.717, 1.165) is 30.5 Å². The van der Waals surface area contributed by atoms with Crippen molar-refractivity contribution in [2.45, 2.75) is 32.1 Å². The molecule has 0 radical (unpaired) electrons. The van der Waals surface area contributed by atoms with E-state index in [9.17, 15) is 4.39 Å². The minimum absolute atomic E-state index is 0.119. The quantitative estimate of drug-likeness (QED) is 0.843. The number of aromatic amines is 1. The van der Waals surface area contributed by atoms with Gasteiger partial charge in [-0.15, -0.1) is 0 Å². The molecule has 1 aromatic carbocycles. The Balaban J connectivity index is 2.09. The molecule has 0 fully saturated rings. The minimum atomic E-state index is -0.119. The molecule has 0 aliphatic heterocycles. The van der Waals surface area contributed by atoms with Gasteiger partial charge in [-0.1, -0.05) is 6.92 Å². The van der Waals surface area contributed by atoms with Crippen LogP contribution < -0.4 is 0 Å². The van der Waals surface area contributed by atoms with Crippen molar-refractivity contribution in [2.24, 2.45) is 0 Å². The second kappa shape index (κ2) is 3.99. The summed E-state index contributed by atoms with van der Waals surface area (Å²) in [6.45, 7) is 2.10. The highest BCUT2D eigenvalue weighted by Crippen LogP contribution is 2.33. The number of nitrogens with zero attached hydrogens (tertiary/aromatic N) is 1. The van der Waals surface area contributed by atoms with Crippen molar-refractivity contribution in [1.82, 2.24) is 9.97 Å². The first kappa shape index (κ1) is 10.5. The second-order valence-corrected chi connectivity index (χ2v) is 4.71. The number of aromatic nitrogens is 2. The second-order valence-electron chi connectivity index (χ2n) is 4.71. The lowest BCUT2D eigenvalue weighted by molar-refractivity contribution is 0.621. The zero-order chi connectivity index (χ0) is 11.8. The molecule has 17 heavy (non-hydrogen) atoms. The Labute approximate surface area is 99.9 Å². The highest BCUT2D eigenvalue weighted by Gasteiger charge is 2.21. The van der Waals surface area contributed by atoms with Gasteiger partial charge in [-0.2, -0.15) is 0 Å². The lowest BCUT2D eigenvalue weighted by Crippen LogP contribution is -2.02. The van der Waals surface area contributed by atoms with Crippen LogP contribution in [0.2, 0.25) is 0 Å². The summed E-state index contributed by atoms with van der Waals surface area (Å²) in [5.41, 5.74) is 4.69. The molecule has 1 unspecified atom stereocenters. The Kier molecular flexibility index (Phi) is 2.46. The normalized spacial score (nSPS) is 15.9. The molecular weight excluding hydrogens is 215 g/mol. The molecule has 1 aliphatic carbocycles. The highest BCUT2D eigenvalue weighted by atomic mass is 19.1. The molecule has 1 atom stereocenters. The van der Waals surface area contributed by atoms with E-state index in [1.807, 2.05) is 6.20 Å². The lowest BCUT2D eigenvalue weighted by Gasteiger charge is -2.15. The molecule has 0 amide bonds. The molecule has 1 heterocycles. The summed E-state index contributed by atoms with van der Waals surface area (Å²) < 4.78 is 13.6. The first-order valence-electron chi connectivity index (χ1n) is 6.05. The van der Waals surface area contributed by atoms with Crippen LogP contribution in [-0.4, -0.2) is 9.97 Å². The molecular formula is C14H15FN2. The van der Waals surface area contributed by atoms with Crippen LogP contribution in [0.25, 0.3) is 0 Å². The number of rotatable bonds is 2. The van der Waals surface area contributed by atoms with Gasteiger partial charge in [0.15, 0.2) is 0 Å². The number of imidazole rings is 1. The molecule has 2 aromatic rings. The largest absolute Gasteiger partial charge is 0.348 e. The maximum atomic E-state index is 13.6. The smallest absolute Gasteiger partial charge is 0.123 e. The highest BCUT2D eigenvalue weighted by molar-refractivity contribution is 5.43. The minimum Gasteiger partial charge on any atom is -0.348 e. The van der Waals surface area contributed by atoms with Gasteiger partial charge >= 0.3 is 0 Å². The average molecular weight is 230 g/mol. The van der Waals surface area contributed by atoms with E-state index < -0.39 is 0 Å². The van der Waals surface area contributed by atoms with Gasteiger partial charge in [0, 0.05) is 17.8 Å². The van der Waals surface area contributed by atoms with Crippen LogP contribution >= 0.6 is 0 Å². The number of fused-ring (bicyclic) bond motifs is 1. The molecule has 2 nitrogen and oxygen atoms in total. The van der Waals surface area contributed by atoms with Gasteiger partial charge in [-0.25, -0.2) is 9.37 Å². The maximum Gasteiger partial charge on any atom is 0.123 e. The van der Waals surface area contributed by atoms with E-state index in [-0.39, 0.29) is 11.7 Å². The van der Waals surface area contributed by atoms with Crippen LogP contribution in [0.1, 0.15) is 41.6 Å². The number of halogens is 1. The van der Waals surface area contributed by atoms with E-state index in [4.69, 9.17) is 0 Å². The summed E-state index contributed by atoms with van der Waals surface area (Å²) in [5.74, 6) is 0.0621. The average Bonchev–Trinajstić information content (AvgIpc) is 2.97. The predicted octanol–water partition coefficient (Wildman–Crippen LogP) is 3.19. The molecule has 1 aromatic heterocycles. The molecule has 1 aliphatic rings. The summed E-state index contributed by atoms with van der Waals surface area (Å²) in [7, 11) is 0. The fourth-order valence-electron chi connectivity index (χ4n) is 2.76. The van der Waals surface area contributed by atoms with E-state index >= 15 is 0 Å². The summed E-state index contributed by atoms with van der Waals surface area (Å²) in [6.07, 6.45) is 6.71. The number of benzene rings is 1. The van der Waals surface area contributed by atoms with Crippen molar-refractivity contribution in [3.63, 3.8) is 0 Å². The maximum absolute atomic E-state index is 13.6. The summed E-state index contributed by atoms with van der Waals surface area (Å²) in [4.78, 5) is 7.15. The van der Waals surface area contributed by atoms with Gasteiger partial charge < -0.3 is 4.98 Å². The van der Waals surface area contributed by atoms with Crippen LogP contribution in [-0.2, 0) is 12.8 Å². The first-order valence-corrected chi connectivity index (χ1v) is 6.05. The molecule has 0 spiro atoms. The lowest BCUT2D eigenvalue weighted by atomic mass is 9.91. The molecule has 88 valence electrons. The standard InChI is InChI=1S/C14H15FN2/c1-9(14-7-16-8-17-14)13-6-11(15)5-10-3-2-4-12(10)13/h5-9H,2-4H2,1H3,(H,16,17). The van der Waals surface area contributed by atoms with Crippen molar-refractivity contribution in [3.05, 3.63) is 52.9 Å². The van der Waals surface area contributed by atoms with Gasteiger partial charge in [-0.3, -0.25) is 0 Å². The Bertz CT molecular complexity index is 531. The zero-order valence-corrected chi connectivity index (χ0v) is 9.83. The number of nitrogens with one attached hydrogen (secondary N) is 1. The Morgan fingerprint density at radius 2 is 2.24 bits per heavy atom. The SMILES string of the molecule is CC(c1cnc[nH]1)c1cc(F)cc2c1CCC2. The van der Waals surface area contributed by atoms with E-state index in [2.05, 4.69) is 16.9 Å². The van der Waals surface area contributed by atoms with Crippen molar-refractivity contribution in [1.29, 1.82) is 0 Å². The van der Waals surface area contributed by atoms with E-state index in [1.165, 1.54) is 11.1 Å². The monoisotopic (exact) mass is 230 g/mol. The van der Waals surface area contributed by atoms with Gasteiger partial charge in [0.1, 0.15) is 5.82 Å². The van der Waals surface area contributed by atoms with E-state index in [1.54, 1.807) is 18.5 Å². The van der Waals surface area contributed by atoms with Gasteiger partial charge in [0.2, 0.25) is 0 Å². The predicted molar refractivity (Wildman–Crippen MR) is 64.5 cm³/mol. The van der Waals surface area contributed by atoms with Gasteiger partial charge in [0.05, 0.1) is 6.33 Å². The van der Waals surface area contributed by atoms with Crippen LogP contribution in [0.15, 0.2) is 24.7 Å². The number of hydrogen-bond acceptors (Lipinski definition) is 1. The molecule has 0 saturated heterocycles. The first-order chi connectivity index (χ1) is 8.25. The Hall–Kier alpha value is -1.64. The van der Waals surface area contributed by atoms with Crippen molar-refractivity contribution in [2.75, 3.05) is 0 Å². The van der Waals surface area contributed by atoms with Gasteiger partial charge in [-0.05, 0) is 48.1 Å². The van der Waals surface area contributed by atoms with Crippen LogP contribution in [0, 0.1) is 5.82 Å². The molecule has 3 heteroatoms. The van der Waals surface area contributed by atoms with Crippen molar-refractivity contribution >= 4 is 0 Å². The summed E-state index contributed by atoms with van der Waals surface area (Å²) >= 11 is 0. The van der Waals surface area contributed by atoms with Crippen LogP contribution in [0.4, 0.5) is 4.39 Å². The third-order valence-electron chi connectivity index (χ3n) is 3.67. The fraction of sp³-hybridized carbons (Fsp3) is 0.357. The Morgan fingerprint density at radius 1 is 1.35 bits per heavy atom. The molecule has 0 bridgehead atoms. The van der Waals surface area contributed by atoms with Crippen molar-refractivity contribution < 1.29 is 4.39 Å². The Morgan fingerprint density at radius 3 is 3.00 bits per heavy atom. The van der Waals surface area contributed by atoms with E-state index in [0.29, 0.717) is 0 Å². The third kappa shape index (κ3) is 1.75. The number of hydrogen-bond donors (Lipinski definition) is 1.